The van der Waals surface area contributed by atoms with Gasteiger partial charge >= 0.3 is 6.09 Å². The first-order valence-electron chi connectivity index (χ1n) is 14.0. The van der Waals surface area contributed by atoms with Gasteiger partial charge in [0.2, 0.25) is 5.88 Å². The minimum Gasteiger partial charge on any atom is -0.490 e. The Bertz CT molecular complexity index is 1260. The van der Waals surface area contributed by atoms with Crippen molar-refractivity contribution >= 4 is 23.6 Å². The van der Waals surface area contributed by atoms with E-state index in [0.29, 0.717) is 35.2 Å². The molecule has 9 heteroatoms. The number of hydrogen-bond acceptors (Lipinski definition) is 6. The second kappa shape index (κ2) is 12.9. The van der Waals surface area contributed by atoms with E-state index >= 15 is 0 Å². The van der Waals surface area contributed by atoms with Crippen molar-refractivity contribution in [1.82, 2.24) is 15.6 Å². The lowest BCUT2D eigenvalue weighted by atomic mass is 9.92. The number of carbonyl (C=O) groups excluding carboxylic acids is 2. The molecule has 2 aromatic rings. The first kappa shape index (κ1) is 29.7. The van der Waals surface area contributed by atoms with Crippen molar-refractivity contribution in [3.05, 3.63) is 63.3 Å². The molecule has 2 heterocycles. The summed E-state index contributed by atoms with van der Waals surface area (Å²) < 4.78 is 17.4. The first-order chi connectivity index (χ1) is 19.0. The van der Waals surface area contributed by atoms with Crippen LogP contribution in [0, 0.1) is 6.92 Å². The molecule has 1 aliphatic carbocycles. The molecule has 8 nitrogen and oxygen atoms in total. The van der Waals surface area contributed by atoms with Crippen LogP contribution in [-0.4, -0.2) is 41.8 Å². The molecule has 1 aromatic heterocycles. The lowest BCUT2D eigenvalue weighted by molar-refractivity contribution is 0.0470. The average molecular weight is 570 g/mol. The van der Waals surface area contributed by atoms with Crippen LogP contribution in [0.1, 0.15) is 85.6 Å². The zero-order valence-corrected chi connectivity index (χ0v) is 24.8. The third-order valence-electron chi connectivity index (χ3n) is 7.10. The van der Waals surface area contributed by atoms with E-state index in [9.17, 15) is 9.59 Å². The van der Waals surface area contributed by atoms with Crippen molar-refractivity contribution in [1.29, 1.82) is 0 Å². The van der Waals surface area contributed by atoms with E-state index in [1.807, 2.05) is 27.7 Å². The summed E-state index contributed by atoms with van der Waals surface area (Å²) in [6.07, 6.45) is 9.11. The number of aromatic nitrogens is 1. The van der Waals surface area contributed by atoms with Crippen LogP contribution in [0.4, 0.5) is 4.79 Å². The molecule has 0 bridgehead atoms. The number of methoxy groups -OCH3 is 1. The number of halogens is 1. The highest BCUT2D eigenvalue weighted by atomic mass is 35.5. The van der Waals surface area contributed by atoms with Crippen LogP contribution in [0.2, 0.25) is 5.02 Å². The van der Waals surface area contributed by atoms with Gasteiger partial charge < -0.3 is 24.8 Å². The zero-order chi connectivity index (χ0) is 28.9. The standard InChI is InChI=1S/C31H40ClN3O5/c1-19-15-20-9-7-6-8-10-24-25(28(36)33-18-26(20)29(34-19)38-5)16-21(32)17-27(24)39-23-13-11-22(12-14-23)35-30(37)40-31(2,3)4/h6,8,15-17,22-23H,7,9-14,18H2,1-5H3,(H,33,36)(H,35,37). The molecule has 1 fully saturated rings. The molecule has 4 rings (SSSR count). The van der Waals surface area contributed by atoms with Crippen LogP contribution >= 0.6 is 11.6 Å². The average Bonchev–Trinajstić information content (AvgIpc) is 2.87. The largest absolute Gasteiger partial charge is 0.490 e. The Hall–Kier alpha value is -3.26. The van der Waals surface area contributed by atoms with Crippen molar-refractivity contribution in [2.45, 2.75) is 96.9 Å². The Kier molecular flexibility index (Phi) is 9.61. The molecule has 0 unspecified atom stereocenters. The molecular formula is C31H40ClN3O5. The van der Waals surface area contributed by atoms with Crippen LogP contribution in [0.5, 0.6) is 11.6 Å². The van der Waals surface area contributed by atoms with Gasteiger partial charge in [-0.1, -0.05) is 23.8 Å². The van der Waals surface area contributed by atoms with E-state index in [1.54, 1.807) is 19.2 Å². The highest BCUT2D eigenvalue weighted by molar-refractivity contribution is 6.31. The maximum absolute atomic E-state index is 13.5. The molecule has 1 aromatic carbocycles. The number of ether oxygens (including phenoxy) is 3. The van der Waals surface area contributed by atoms with Gasteiger partial charge in [-0.3, -0.25) is 4.79 Å². The molecule has 40 heavy (non-hydrogen) atoms. The van der Waals surface area contributed by atoms with E-state index in [0.717, 1.165) is 60.9 Å². The number of nitrogens with one attached hydrogen (secondary N) is 2. The van der Waals surface area contributed by atoms with Gasteiger partial charge in [0.1, 0.15) is 11.4 Å². The summed E-state index contributed by atoms with van der Waals surface area (Å²) in [5, 5.41) is 6.46. The summed E-state index contributed by atoms with van der Waals surface area (Å²) >= 11 is 6.50. The highest BCUT2D eigenvalue weighted by Gasteiger charge is 2.27. The highest BCUT2D eigenvalue weighted by Crippen LogP contribution is 2.33. The topological polar surface area (TPSA) is 98.8 Å². The van der Waals surface area contributed by atoms with E-state index in [1.165, 1.54) is 0 Å². The smallest absolute Gasteiger partial charge is 0.407 e. The summed E-state index contributed by atoms with van der Waals surface area (Å²) in [4.78, 5) is 30.2. The van der Waals surface area contributed by atoms with Gasteiger partial charge in [-0.05, 0) is 96.4 Å². The van der Waals surface area contributed by atoms with Crippen LogP contribution < -0.4 is 20.1 Å². The minimum atomic E-state index is -0.532. The van der Waals surface area contributed by atoms with Crippen LogP contribution in [0.3, 0.4) is 0 Å². The molecule has 0 atom stereocenters. The first-order valence-corrected chi connectivity index (χ1v) is 14.4. The third-order valence-corrected chi connectivity index (χ3v) is 7.32. The van der Waals surface area contributed by atoms with Crippen molar-refractivity contribution < 1.29 is 23.8 Å². The summed E-state index contributed by atoms with van der Waals surface area (Å²) in [5.41, 5.74) is 3.65. The maximum atomic E-state index is 13.5. The van der Waals surface area contributed by atoms with Gasteiger partial charge in [0.25, 0.3) is 5.91 Å². The Labute approximate surface area is 241 Å². The number of hydrogen-bond donors (Lipinski definition) is 2. The Morgan fingerprint density at radius 3 is 2.55 bits per heavy atom. The molecule has 0 radical (unpaired) electrons. The number of carbonyl (C=O) groups is 2. The second-order valence-electron chi connectivity index (χ2n) is 11.5. The van der Waals surface area contributed by atoms with Gasteiger partial charge in [-0.25, -0.2) is 9.78 Å². The van der Waals surface area contributed by atoms with E-state index in [2.05, 4.69) is 33.8 Å². The van der Waals surface area contributed by atoms with Crippen molar-refractivity contribution in [3.8, 4) is 11.6 Å². The fourth-order valence-corrected chi connectivity index (χ4v) is 5.46. The molecule has 1 saturated carbocycles. The van der Waals surface area contributed by atoms with Gasteiger partial charge in [0.15, 0.2) is 0 Å². The predicted octanol–water partition coefficient (Wildman–Crippen LogP) is 6.24. The SMILES string of the molecule is COc1nc(C)cc2c1CNC(=O)c1cc(Cl)cc(OC3CCC(NC(=O)OC(C)(C)C)CC3)c1CC=CCC2. The number of allylic oxidation sites excluding steroid dienone is 2. The van der Waals surface area contributed by atoms with Crippen LogP contribution in [-0.2, 0) is 24.1 Å². The van der Waals surface area contributed by atoms with Gasteiger partial charge in [-0.15, -0.1) is 0 Å². The Morgan fingerprint density at radius 1 is 1.10 bits per heavy atom. The zero-order valence-electron chi connectivity index (χ0n) is 24.1. The number of amides is 2. The molecule has 0 saturated heterocycles. The molecule has 216 valence electrons. The number of alkyl carbamates (subject to hydrolysis) is 1. The van der Waals surface area contributed by atoms with E-state index in [4.69, 9.17) is 25.8 Å². The van der Waals surface area contributed by atoms with Crippen molar-refractivity contribution in [2.75, 3.05) is 7.11 Å². The number of nitrogens with zero attached hydrogens (tertiary/aromatic N) is 1. The summed E-state index contributed by atoms with van der Waals surface area (Å²) in [6, 6.07) is 5.59. The quantitative estimate of drug-likeness (QED) is 0.423. The number of pyridine rings is 1. The summed E-state index contributed by atoms with van der Waals surface area (Å²) in [6.45, 7) is 7.79. The fourth-order valence-electron chi connectivity index (χ4n) is 5.25. The van der Waals surface area contributed by atoms with Gasteiger partial charge in [-0.2, -0.15) is 0 Å². The van der Waals surface area contributed by atoms with E-state index < -0.39 is 11.7 Å². The normalized spacial score (nSPS) is 19.7. The third kappa shape index (κ3) is 7.90. The maximum Gasteiger partial charge on any atom is 0.407 e. The Balaban J connectivity index is 1.50. The predicted molar refractivity (Wildman–Crippen MR) is 155 cm³/mol. The van der Waals surface area contributed by atoms with Gasteiger partial charge in [0.05, 0.1) is 13.2 Å². The van der Waals surface area contributed by atoms with Gasteiger partial charge in [0, 0.05) is 40.0 Å². The summed E-state index contributed by atoms with van der Waals surface area (Å²) in [5.74, 6) is 0.928. The lowest BCUT2D eigenvalue weighted by Gasteiger charge is -2.31. The monoisotopic (exact) mass is 569 g/mol. The number of fused-ring (bicyclic) bond motifs is 2. The molecule has 2 N–H and O–H groups in total. The molecule has 0 spiro atoms. The van der Waals surface area contributed by atoms with E-state index in [-0.39, 0.29) is 18.1 Å². The number of benzene rings is 1. The molecule has 2 amide bonds. The lowest BCUT2D eigenvalue weighted by Crippen LogP contribution is -2.42. The molecular weight excluding hydrogens is 530 g/mol. The molecule has 1 aliphatic heterocycles. The van der Waals surface area contributed by atoms with Crippen molar-refractivity contribution in [2.24, 2.45) is 0 Å². The number of aryl methyl sites for hydroxylation is 2. The summed E-state index contributed by atoms with van der Waals surface area (Å²) in [7, 11) is 1.60. The number of rotatable bonds is 4. The van der Waals surface area contributed by atoms with Crippen LogP contribution in [0.15, 0.2) is 30.4 Å². The van der Waals surface area contributed by atoms with Crippen molar-refractivity contribution in [3.63, 3.8) is 0 Å². The fraction of sp³-hybridized carbons (Fsp3) is 0.516. The Morgan fingerprint density at radius 2 is 1.85 bits per heavy atom. The second-order valence-corrected chi connectivity index (χ2v) is 11.9. The molecule has 2 aliphatic rings. The van der Waals surface area contributed by atoms with Crippen LogP contribution in [0.25, 0.3) is 0 Å². The minimum absolute atomic E-state index is 0.0430.